The first kappa shape index (κ1) is 10.6. The summed E-state index contributed by atoms with van der Waals surface area (Å²) in [5, 5.41) is 2.45. The molecule has 0 aromatic heterocycles. The number of alkyl halides is 1. The summed E-state index contributed by atoms with van der Waals surface area (Å²) < 4.78 is 13.4. The summed E-state index contributed by atoms with van der Waals surface area (Å²) in [5.41, 5.74) is 0.992. The van der Waals surface area contributed by atoms with Crippen LogP contribution in [0.3, 0.4) is 0 Å². The number of para-hydroxylation sites is 2. The van der Waals surface area contributed by atoms with Crippen LogP contribution in [0.2, 0.25) is 0 Å². The third-order valence-corrected chi connectivity index (χ3v) is 2.46. The fraction of sp³-hybridized carbons (Fsp3) is 0.273. The third-order valence-electron chi connectivity index (χ3n) is 2.46. The van der Waals surface area contributed by atoms with E-state index in [4.69, 9.17) is 0 Å². The van der Waals surface area contributed by atoms with Crippen molar-refractivity contribution < 1.29 is 14.0 Å². The van der Waals surface area contributed by atoms with Crippen molar-refractivity contribution in [3.63, 3.8) is 0 Å². The fourth-order valence-corrected chi connectivity index (χ4v) is 1.67. The molecule has 0 spiro atoms. The van der Waals surface area contributed by atoms with Crippen LogP contribution in [0.5, 0.6) is 0 Å². The molecule has 4 nitrogen and oxygen atoms in total. The number of hydrogen-bond acceptors (Lipinski definition) is 2. The smallest absolute Gasteiger partial charge is 0.260 e. The average molecular weight is 222 g/mol. The van der Waals surface area contributed by atoms with E-state index in [1.54, 1.807) is 24.3 Å². The van der Waals surface area contributed by atoms with Gasteiger partial charge in [0.25, 0.3) is 5.91 Å². The van der Waals surface area contributed by atoms with Gasteiger partial charge in [0, 0.05) is 6.92 Å². The lowest BCUT2D eigenvalue weighted by molar-refractivity contribution is -0.120. The third kappa shape index (κ3) is 1.76. The molecule has 1 aliphatic heterocycles. The van der Waals surface area contributed by atoms with Gasteiger partial charge in [0.05, 0.1) is 17.9 Å². The Labute approximate surface area is 92.0 Å². The first-order valence-electron chi connectivity index (χ1n) is 4.91. The largest absolute Gasteiger partial charge is 0.322 e. The lowest BCUT2D eigenvalue weighted by atomic mass is 10.2. The second-order valence-corrected chi connectivity index (χ2v) is 3.60. The molecule has 1 aromatic carbocycles. The summed E-state index contributed by atoms with van der Waals surface area (Å²) >= 11 is 0. The molecular formula is C11H11FN2O2. The first-order chi connectivity index (χ1) is 7.59. The van der Waals surface area contributed by atoms with Gasteiger partial charge >= 0.3 is 0 Å². The van der Waals surface area contributed by atoms with E-state index in [1.807, 2.05) is 0 Å². The Morgan fingerprint density at radius 1 is 1.50 bits per heavy atom. The van der Waals surface area contributed by atoms with Crippen LogP contribution in [0, 0.1) is 0 Å². The lowest BCUT2D eigenvalue weighted by Crippen LogP contribution is -2.36. The zero-order valence-corrected chi connectivity index (χ0v) is 8.74. The Balaban J connectivity index is 2.49. The van der Waals surface area contributed by atoms with Gasteiger partial charge in [0.15, 0.2) is 6.17 Å². The van der Waals surface area contributed by atoms with Gasteiger partial charge in [-0.05, 0) is 12.1 Å². The zero-order chi connectivity index (χ0) is 11.7. The molecular weight excluding hydrogens is 211 g/mol. The molecule has 1 N–H and O–H groups in total. The number of carbonyl (C=O) groups is 2. The SMILES string of the molecule is CC(=O)N1C[C@H](F)C(=O)Nc2ccccc21. The maximum atomic E-state index is 13.4. The average Bonchev–Trinajstić information content (AvgIpc) is 2.37. The van der Waals surface area contributed by atoms with Gasteiger partial charge in [-0.3, -0.25) is 9.59 Å². The summed E-state index contributed by atoms with van der Waals surface area (Å²) in [4.78, 5) is 24.0. The molecule has 1 atom stereocenters. The summed E-state index contributed by atoms with van der Waals surface area (Å²) in [6, 6.07) is 6.77. The highest BCUT2D eigenvalue weighted by Gasteiger charge is 2.29. The van der Waals surface area contributed by atoms with Crippen LogP contribution >= 0.6 is 0 Å². The predicted octanol–water partition coefficient (Wildman–Crippen LogP) is 1.33. The minimum absolute atomic E-state index is 0.238. The van der Waals surface area contributed by atoms with Crippen LogP contribution in [-0.4, -0.2) is 24.5 Å². The van der Waals surface area contributed by atoms with Crippen LogP contribution in [0.4, 0.5) is 15.8 Å². The van der Waals surface area contributed by atoms with Crippen molar-refractivity contribution in [2.45, 2.75) is 13.1 Å². The fourth-order valence-electron chi connectivity index (χ4n) is 1.67. The molecule has 2 rings (SSSR count). The number of nitrogens with zero attached hydrogens (tertiary/aromatic N) is 1. The predicted molar refractivity (Wildman–Crippen MR) is 58.0 cm³/mol. The number of rotatable bonds is 0. The molecule has 0 fully saturated rings. The van der Waals surface area contributed by atoms with Crippen molar-refractivity contribution >= 4 is 23.2 Å². The van der Waals surface area contributed by atoms with E-state index in [9.17, 15) is 14.0 Å². The number of hydrogen-bond donors (Lipinski definition) is 1. The molecule has 0 saturated carbocycles. The number of carbonyl (C=O) groups excluding carboxylic acids is 2. The number of halogens is 1. The molecule has 0 aliphatic carbocycles. The van der Waals surface area contributed by atoms with Crippen LogP contribution in [0.15, 0.2) is 24.3 Å². The van der Waals surface area contributed by atoms with Crippen molar-refractivity contribution in [3.8, 4) is 0 Å². The van der Waals surface area contributed by atoms with Gasteiger partial charge < -0.3 is 10.2 Å². The number of amides is 2. The topological polar surface area (TPSA) is 49.4 Å². The van der Waals surface area contributed by atoms with Crippen LogP contribution in [0.25, 0.3) is 0 Å². The highest BCUT2D eigenvalue weighted by molar-refractivity contribution is 6.04. The zero-order valence-electron chi connectivity index (χ0n) is 8.74. The van der Waals surface area contributed by atoms with Crippen molar-refractivity contribution in [3.05, 3.63) is 24.3 Å². The second-order valence-electron chi connectivity index (χ2n) is 3.60. The number of nitrogens with one attached hydrogen (secondary N) is 1. The van der Waals surface area contributed by atoms with E-state index in [1.165, 1.54) is 11.8 Å². The first-order valence-corrected chi connectivity index (χ1v) is 4.91. The maximum Gasteiger partial charge on any atom is 0.260 e. The Morgan fingerprint density at radius 3 is 2.88 bits per heavy atom. The van der Waals surface area contributed by atoms with Gasteiger partial charge in [-0.25, -0.2) is 4.39 Å². The van der Waals surface area contributed by atoms with Crippen LogP contribution in [0.1, 0.15) is 6.92 Å². The minimum Gasteiger partial charge on any atom is -0.322 e. The van der Waals surface area contributed by atoms with Crippen molar-refractivity contribution in [2.75, 3.05) is 16.8 Å². The molecule has 0 saturated heterocycles. The molecule has 0 unspecified atom stereocenters. The van der Waals surface area contributed by atoms with Crippen molar-refractivity contribution in [1.29, 1.82) is 0 Å². The van der Waals surface area contributed by atoms with Gasteiger partial charge in [0.1, 0.15) is 0 Å². The molecule has 1 aliphatic rings. The summed E-state index contributed by atoms with van der Waals surface area (Å²) in [7, 11) is 0. The number of fused-ring (bicyclic) bond motifs is 1. The summed E-state index contributed by atoms with van der Waals surface area (Å²) in [5.74, 6) is -0.997. The molecule has 0 bridgehead atoms. The monoisotopic (exact) mass is 222 g/mol. The van der Waals surface area contributed by atoms with Gasteiger partial charge in [0.2, 0.25) is 5.91 Å². The summed E-state index contributed by atoms with van der Waals surface area (Å²) in [6.45, 7) is 1.11. The van der Waals surface area contributed by atoms with E-state index < -0.39 is 12.1 Å². The molecule has 16 heavy (non-hydrogen) atoms. The molecule has 5 heteroatoms. The molecule has 84 valence electrons. The Kier molecular flexibility index (Phi) is 2.60. The van der Waals surface area contributed by atoms with Crippen molar-refractivity contribution in [1.82, 2.24) is 0 Å². The highest BCUT2D eigenvalue weighted by Crippen LogP contribution is 2.28. The number of anilines is 2. The Bertz CT molecular complexity index is 447. The molecule has 1 aromatic rings. The quantitative estimate of drug-likeness (QED) is 0.720. The maximum absolute atomic E-state index is 13.4. The van der Waals surface area contributed by atoms with Gasteiger partial charge in [-0.2, -0.15) is 0 Å². The number of benzene rings is 1. The van der Waals surface area contributed by atoms with Gasteiger partial charge in [-0.1, -0.05) is 12.1 Å². The highest BCUT2D eigenvalue weighted by atomic mass is 19.1. The van der Waals surface area contributed by atoms with E-state index in [0.717, 1.165) is 0 Å². The minimum atomic E-state index is -1.70. The van der Waals surface area contributed by atoms with Crippen molar-refractivity contribution in [2.24, 2.45) is 0 Å². The van der Waals surface area contributed by atoms with Crippen LogP contribution in [-0.2, 0) is 9.59 Å². The molecule has 0 radical (unpaired) electrons. The standard InChI is InChI=1S/C11H11FN2O2/c1-7(15)14-6-8(12)11(16)13-9-4-2-3-5-10(9)14/h2-5,8H,6H2,1H3,(H,13,16)/t8-/m0/s1. The normalized spacial score (nSPS) is 19.8. The molecule has 2 amide bonds. The van der Waals surface area contributed by atoms with E-state index in [-0.39, 0.29) is 12.5 Å². The van der Waals surface area contributed by atoms with Crippen LogP contribution < -0.4 is 10.2 Å². The van der Waals surface area contributed by atoms with E-state index in [0.29, 0.717) is 11.4 Å². The Morgan fingerprint density at radius 2 is 2.19 bits per heavy atom. The molecule has 1 heterocycles. The van der Waals surface area contributed by atoms with Gasteiger partial charge in [-0.15, -0.1) is 0 Å². The van der Waals surface area contributed by atoms with E-state index >= 15 is 0 Å². The summed E-state index contributed by atoms with van der Waals surface area (Å²) in [6.07, 6.45) is -1.70. The van der Waals surface area contributed by atoms with E-state index in [2.05, 4.69) is 5.32 Å². The second kappa shape index (κ2) is 3.92. The lowest BCUT2D eigenvalue weighted by Gasteiger charge is -2.20. The Hall–Kier alpha value is -1.91.